The van der Waals surface area contributed by atoms with Gasteiger partial charge >= 0.3 is 5.97 Å². The van der Waals surface area contributed by atoms with Crippen molar-refractivity contribution in [3.8, 4) is 17.2 Å². The summed E-state index contributed by atoms with van der Waals surface area (Å²) in [5.41, 5.74) is 0.192. The van der Waals surface area contributed by atoms with Crippen LogP contribution >= 0.6 is 0 Å². The molecule has 0 saturated heterocycles. The molecule has 0 bridgehead atoms. The number of amides is 1. The van der Waals surface area contributed by atoms with Gasteiger partial charge in [0.15, 0.2) is 18.1 Å². The Morgan fingerprint density at radius 1 is 1.10 bits per heavy atom. The summed E-state index contributed by atoms with van der Waals surface area (Å²) >= 11 is 0. The summed E-state index contributed by atoms with van der Waals surface area (Å²) in [6.07, 6.45) is 1.51. The van der Waals surface area contributed by atoms with Gasteiger partial charge in [-0.1, -0.05) is 6.07 Å². The number of nitrogens with one attached hydrogen (secondary N) is 1. The molecule has 2 aromatic carbocycles. The summed E-state index contributed by atoms with van der Waals surface area (Å²) in [7, 11) is 0. The average Bonchev–Trinajstić information content (AvgIpc) is 3.22. The highest BCUT2D eigenvalue weighted by molar-refractivity contribution is 5.92. The van der Waals surface area contributed by atoms with Crippen LogP contribution in [0, 0.1) is 0 Å². The van der Waals surface area contributed by atoms with Gasteiger partial charge in [-0.2, -0.15) is 0 Å². The number of benzene rings is 2. The Morgan fingerprint density at radius 3 is 2.77 bits per heavy atom. The monoisotopic (exact) mass is 424 g/mol. The van der Waals surface area contributed by atoms with Crippen LogP contribution in [0.25, 0.3) is 10.8 Å². The van der Waals surface area contributed by atoms with Crippen molar-refractivity contribution in [2.45, 2.75) is 13.5 Å². The zero-order valence-electron chi connectivity index (χ0n) is 16.8. The number of anilines is 1. The zero-order chi connectivity index (χ0) is 21.8. The van der Waals surface area contributed by atoms with Crippen molar-refractivity contribution in [3.63, 3.8) is 0 Å². The molecule has 1 N–H and O–H groups in total. The Bertz CT molecular complexity index is 1200. The molecule has 1 aliphatic rings. The Kier molecular flexibility index (Phi) is 5.74. The van der Waals surface area contributed by atoms with Crippen LogP contribution in [0.2, 0.25) is 0 Å². The number of aromatic nitrogens is 1. The number of fused-ring (bicyclic) bond motifs is 2. The molecule has 0 fully saturated rings. The molecular formula is C22H20N2O7. The van der Waals surface area contributed by atoms with Gasteiger partial charge < -0.3 is 28.8 Å². The van der Waals surface area contributed by atoms with Gasteiger partial charge in [-0.3, -0.25) is 9.59 Å². The lowest BCUT2D eigenvalue weighted by molar-refractivity contribution is -0.145. The molecule has 1 aromatic heterocycles. The topological polar surface area (TPSA) is 105 Å². The Morgan fingerprint density at radius 2 is 1.94 bits per heavy atom. The normalized spacial score (nSPS) is 11.9. The maximum absolute atomic E-state index is 12.9. The Balaban J connectivity index is 1.49. The van der Waals surface area contributed by atoms with Crippen LogP contribution in [0.1, 0.15) is 6.92 Å². The summed E-state index contributed by atoms with van der Waals surface area (Å²) < 4.78 is 22.2. The van der Waals surface area contributed by atoms with Gasteiger partial charge in [-0.25, -0.2) is 4.79 Å². The second-order valence-electron chi connectivity index (χ2n) is 6.68. The molecule has 31 heavy (non-hydrogen) atoms. The molecule has 1 aliphatic heterocycles. The fourth-order valence-corrected chi connectivity index (χ4v) is 3.21. The van der Waals surface area contributed by atoms with E-state index in [1.54, 1.807) is 49.4 Å². The summed E-state index contributed by atoms with van der Waals surface area (Å²) in [5, 5.41) is 3.66. The van der Waals surface area contributed by atoms with E-state index in [4.69, 9.17) is 18.9 Å². The molecule has 4 rings (SSSR count). The number of carbonyl (C=O) groups is 2. The number of nitrogens with zero attached hydrogens (tertiary/aromatic N) is 1. The maximum atomic E-state index is 12.9. The molecular weight excluding hydrogens is 404 g/mol. The molecule has 3 aromatic rings. The lowest BCUT2D eigenvalue weighted by Gasteiger charge is -2.11. The number of hydrogen-bond acceptors (Lipinski definition) is 7. The standard InChI is InChI=1S/C22H20N2O7/c1-2-28-21(26)12-29-17-5-3-4-16-15(17)8-9-24(22(16)27)11-20(25)23-14-6-7-18-19(10-14)31-13-30-18/h3-10H,2,11-13H2,1H3,(H,23,25). The van der Waals surface area contributed by atoms with Crippen molar-refractivity contribution in [3.05, 3.63) is 59.0 Å². The molecule has 1 amide bonds. The minimum atomic E-state index is -0.493. The third-order valence-corrected chi connectivity index (χ3v) is 4.60. The van der Waals surface area contributed by atoms with E-state index in [1.165, 1.54) is 10.8 Å². The van der Waals surface area contributed by atoms with Crippen LogP contribution in [0.3, 0.4) is 0 Å². The maximum Gasteiger partial charge on any atom is 0.344 e. The van der Waals surface area contributed by atoms with Crippen LogP contribution in [0.5, 0.6) is 17.2 Å². The largest absolute Gasteiger partial charge is 0.481 e. The molecule has 0 radical (unpaired) electrons. The first kappa shape index (κ1) is 20.3. The van der Waals surface area contributed by atoms with E-state index in [-0.39, 0.29) is 38.0 Å². The van der Waals surface area contributed by atoms with Crippen LogP contribution in [-0.4, -0.2) is 36.5 Å². The van der Waals surface area contributed by atoms with E-state index in [1.807, 2.05) is 0 Å². The Labute approximate surface area is 177 Å². The highest BCUT2D eigenvalue weighted by atomic mass is 16.7. The number of pyridine rings is 1. The van der Waals surface area contributed by atoms with Gasteiger partial charge in [0.2, 0.25) is 12.7 Å². The molecule has 0 unspecified atom stereocenters. The zero-order valence-corrected chi connectivity index (χ0v) is 16.8. The van der Waals surface area contributed by atoms with Crippen LogP contribution in [0.15, 0.2) is 53.5 Å². The van der Waals surface area contributed by atoms with Crippen LogP contribution in [-0.2, 0) is 20.9 Å². The van der Waals surface area contributed by atoms with Crippen LogP contribution < -0.4 is 25.1 Å². The molecule has 9 heteroatoms. The third kappa shape index (κ3) is 4.45. The fraction of sp³-hybridized carbons (Fsp3) is 0.227. The molecule has 0 atom stereocenters. The average molecular weight is 424 g/mol. The summed E-state index contributed by atoms with van der Waals surface area (Å²) in [6, 6.07) is 11.7. The minimum absolute atomic E-state index is 0.144. The van der Waals surface area contributed by atoms with Gasteiger partial charge in [-0.15, -0.1) is 0 Å². The smallest absolute Gasteiger partial charge is 0.344 e. The second-order valence-corrected chi connectivity index (χ2v) is 6.68. The highest BCUT2D eigenvalue weighted by Crippen LogP contribution is 2.34. The summed E-state index contributed by atoms with van der Waals surface area (Å²) in [4.78, 5) is 36.9. The lowest BCUT2D eigenvalue weighted by atomic mass is 10.1. The van der Waals surface area contributed by atoms with Crippen molar-refractivity contribution in [1.29, 1.82) is 0 Å². The molecule has 0 aliphatic carbocycles. The SMILES string of the molecule is CCOC(=O)COc1cccc2c(=O)n(CC(=O)Nc3ccc4c(c3)OCO4)ccc12. The molecule has 0 saturated carbocycles. The first-order valence-corrected chi connectivity index (χ1v) is 9.65. The van der Waals surface area contributed by atoms with Gasteiger partial charge in [0.05, 0.1) is 12.0 Å². The van der Waals surface area contributed by atoms with Gasteiger partial charge in [0.1, 0.15) is 12.3 Å². The lowest BCUT2D eigenvalue weighted by Crippen LogP contribution is -2.27. The molecule has 9 nitrogen and oxygen atoms in total. The van der Waals surface area contributed by atoms with Crippen molar-refractivity contribution in [2.75, 3.05) is 25.3 Å². The van der Waals surface area contributed by atoms with Crippen molar-refractivity contribution < 1.29 is 28.5 Å². The fourth-order valence-electron chi connectivity index (χ4n) is 3.21. The van der Waals surface area contributed by atoms with Crippen molar-refractivity contribution in [1.82, 2.24) is 4.57 Å². The first-order valence-electron chi connectivity index (χ1n) is 9.65. The predicted molar refractivity (Wildman–Crippen MR) is 112 cm³/mol. The number of rotatable bonds is 7. The number of esters is 1. The van der Waals surface area contributed by atoms with E-state index < -0.39 is 5.97 Å². The molecule has 160 valence electrons. The van der Waals surface area contributed by atoms with Gasteiger partial charge in [0, 0.05) is 23.3 Å². The number of hydrogen-bond donors (Lipinski definition) is 1. The highest BCUT2D eigenvalue weighted by Gasteiger charge is 2.15. The number of ether oxygens (including phenoxy) is 4. The van der Waals surface area contributed by atoms with Crippen LogP contribution in [0.4, 0.5) is 5.69 Å². The third-order valence-electron chi connectivity index (χ3n) is 4.60. The van der Waals surface area contributed by atoms with E-state index in [0.717, 1.165) is 0 Å². The summed E-state index contributed by atoms with van der Waals surface area (Å²) in [5.74, 6) is 0.698. The van der Waals surface area contributed by atoms with E-state index >= 15 is 0 Å². The van der Waals surface area contributed by atoms with E-state index in [9.17, 15) is 14.4 Å². The predicted octanol–water partition coefficient (Wildman–Crippen LogP) is 2.31. The van der Waals surface area contributed by atoms with Gasteiger partial charge in [0.25, 0.3) is 5.56 Å². The van der Waals surface area contributed by atoms with Gasteiger partial charge in [-0.05, 0) is 37.3 Å². The number of carbonyl (C=O) groups excluding carboxylic acids is 2. The van der Waals surface area contributed by atoms with E-state index in [2.05, 4.69) is 5.32 Å². The Hall–Kier alpha value is -4.01. The summed E-state index contributed by atoms with van der Waals surface area (Å²) in [6.45, 7) is 1.69. The van der Waals surface area contributed by atoms with Crippen molar-refractivity contribution in [2.24, 2.45) is 0 Å². The van der Waals surface area contributed by atoms with E-state index in [0.29, 0.717) is 33.7 Å². The quantitative estimate of drug-likeness (QED) is 0.580. The minimum Gasteiger partial charge on any atom is -0.481 e. The molecule has 2 heterocycles. The first-order chi connectivity index (χ1) is 15.0. The second kappa shape index (κ2) is 8.78. The van der Waals surface area contributed by atoms with Crippen molar-refractivity contribution >= 4 is 28.3 Å². The molecule has 0 spiro atoms.